The first-order valence-corrected chi connectivity index (χ1v) is 7.18. The van der Waals surface area contributed by atoms with Crippen molar-refractivity contribution in [2.45, 2.75) is 26.3 Å². The second-order valence-electron chi connectivity index (χ2n) is 4.81. The number of anilines is 1. The van der Waals surface area contributed by atoms with Gasteiger partial charge in [-0.15, -0.1) is 5.10 Å². The molecule has 6 nitrogen and oxygen atoms in total. The molecule has 0 unspecified atom stereocenters. The zero-order valence-corrected chi connectivity index (χ0v) is 12.6. The third-order valence-corrected chi connectivity index (χ3v) is 3.17. The van der Waals surface area contributed by atoms with Crippen molar-refractivity contribution >= 4 is 6.01 Å². The van der Waals surface area contributed by atoms with Crippen LogP contribution in [0.25, 0.3) is 0 Å². The Hall–Kier alpha value is -2.08. The monoisotopic (exact) mass is 290 g/mol. The molecule has 0 saturated heterocycles. The topological polar surface area (TPSA) is 77.4 Å². The molecule has 0 fully saturated rings. The molecule has 114 valence electrons. The number of hydrogen-bond acceptors (Lipinski definition) is 6. The summed E-state index contributed by atoms with van der Waals surface area (Å²) < 4.78 is 11.1. The molecule has 0 bridgehead atoms. The molecule has 1 aromatic carbocycles. The molecule has 2 rings (SSSR count). The van der Waals surface area contributed by atoms with Gasteiger partial charge in [0, 0.05) is 13.6 Å². The molecule has 0 amide bonds. The van der Waals surface area contributed by atoms with Gasteiger partial charge in [-0.3, -0.25) is 0 Å². The Morgan fingerprint density at radius 1 is 1.33 bits per heavy atom. The number of benzene rings is 1. The minimum absolute atomic E-state index is 0.262. The Morgan fingerprint density at radius 2 is 2.19 bits per heavy atom. The number of hydrogen-bond donors (Lipinski definition) is 1. The molecule has 1 aromatic heterocycles. The molecular formula is C15H22N4O2. The summed E-state index contributed by atoms with van der Waals surface area (Å²) in [5, 5.41) is 7.77. The van der Waals surface area contributed by atoms with Crippen LogP contribution in [0.2, 0.25) is 0 Å². The van der Waals surface area contributed by atoms with Gasteiger partial charge < -0.3 is 19.8 Å². The van der Waals surface area contributed by atoms with E-state index in [0.717, 1.165) is 25.1 Å². The summed E-state index contributed by atoms with van der Waals surface area (Å²) >= 11 is 0. The van der Waals surface area contributed by atoms with Crippen LogP contribution in [0.1, 0.15) is 24.8 Å². The van der Waals surface area contributed by atoms with Crippen molar-refractivity contribution in [3.05, 3.63) is 35.7 Å². The van der Waals surface area contributed by atoms with E-state index in [9.17, 15) is 0 Å². The van der Waals surface area contributed by atoms with E-state index >= 15 is 0 Å². The minimum atomic E-state index is 0.262. The maximum absolute atomic E-state index is 5.75. The summed E-state index contributed by atoms with van der Waals surface area (Å²) in [4.78, 5) is 1.90. The Kier molecular flexibility index (Phi) is 5.57. The van der Waals surface area contributed by atoms with Gasteiger partial charge in [0.2, 0.25) is 5.89 Å². The van der Waals surface area contributed by atoms with Crippen LogP contribution in [0, 0.1) is 0 Å². The Labute approximate surface area is 124 Å². The zero-order valence-electron chi connectivity index (χ0n) is 12.6. The van der Waals surface area contributed by atoms with E-state index in [1.807, 2.05) is 24.1 Å². The average Bonchev–Trinajstić information content (AvgIpc) is 3.00. The fourth-order valence-corrected chi connectivity index (χ4v) is 1.92. The number of aromatic nitrogens is 2. The minimum Gasteiger partial charge on any atom is -0.494 e. The Morgan fingerprint density at radius 3 is 2.90 bits per heavy atom. The average molecular weight is 290 g/mol. The first-order chi connectivity index (χ1) is 10.2. The van der Waals surface area contributed by atoms with Gasteiger partial charge >= 0.3 is 6.01 Å². The second kappa shape index (κ2) is 7.64. The molecule has 2 N–H and O–H groups in total. The fraction of sp³-hybridized carbons (Fsp3) is 0.467. The van der Waals surface area contributed by atoms with Gasteiger partial charge in [-0.2, -0.15) is 0 Å². The van der Waals surface area contributed by atoms with Crippen molar-refractivity contribution in [2.24, 2.45) is 5.73 Å². The number of nitrogens with zero attached hydrogens (tertiary/aromatic N) is 3. The first-order valence-electron chi connectivity index (χ1n) is 7.18. The molecule has 1 heterocycles. The van der Waals surface area contributed by atoms with Gasteiger partial charge in [0.05, 0.1) is 13.2 Å². The molecule has 0 aliphatic rings. The molecule has 0 aliphatic heterocycles. The standard InChI is InChI=1S/C15H22N4O2/c1-3-12-6-4-7-13(10-12)20-9-5-8-19(2)15-18-17-14(11-16)21-15/h4,6-7,10H,3,5,8-9,11,16H2,1-2H3. The van der Waals surface area contributed by atoms with Gasteiger partial charge in [0.1, 0.15) is 5.75 Å². The highest BCUT2D eigenvalue weighted by atomic mass is 16.5. The molecular weight excluding hydrogens is 268 g/mol. The molecule has 0 radical (unpaired) electrons. The smallest absolute Gasteiger partial charge is 0.317 e. The van der Waals surface area contributed by atoms with Crippen molar-refractivity contribution in [1.82, 2.24) is 10.2 Å². The van der Waals surface area contributed by atoms with E-state index in [4.69, 9.17) is 14.9 Å². The summed E-state index contributed by atoms with van der Waals surface area (Å²) in [6.07, 6.45) is 1.88. The van der Waals surface area contributed by atoms with Crippen LogP contribution in [0.5, 0.6) is 5.75 Å². The van der Waals surface area contributed by atoms with Crippen molar-refractivity contribution in [1.29, 1.82) is 0 Å². The van der Waals surface area contributed by atoms with Gasteiger partial charge in [-0.1, -0.05) is 24.2 Å². The maximum atomic E-state index is 5.75. The van der Waals surface area contributed by atoms with Crippen molar-refractivity contribution < 1.29 is 9.15 Å². The highest BCUT2D eigenvalue weighted by molar-refractivity contribution is 5.28. The molecule has 0 aliphatic carbocycles. The normalized spacial score (nSPS) is 10.6. The van der Waals surface area contributed by atoms with E-state index < -0.39 is 0 Å². The van der Waals surface area contributed by atoms with E-state index in [1.54, 1.807) is 0 Å². The molecule has 6 heteroatoms. The number of rotatable bonds is 8. The maximum Gasteiger partial charge on any atom is 0.317 e. The molecule has 0 saturated carbocycles. The lowest BCUT2D eigenvalue weighted by atomic mass is 10.2. The first kappa shape index (κ1) is 15.3. The van der Waals surface area contributed by atoms with Crippen molar-refractivity contribution in [3.63, 3.8) is 0 Å². The van der Waals surface area contributed by atoms with E-state index in [1.165, 1.54) is 5.56 Å². The highest BCUT2D eigenvalue weighted by Crippen LogP contribution is 2.14. The lowest BCUT2D eigenvalue weighted by Crippen LogP contribution is -2.20. The Balaban J connectivity index is 1.73. The molecule has 2 aromatic rings. The summed E-state index contributed by atoms with van der Waals surface area (Å²) in [6, 6.07) is 8.67. The SMILES string of the molecule is CCc1cccc(OCCCN(C)c2nnc(CN)o2)c1. The third-order valence-electron chi connectivity index (χ3n) is 3.17. The fourth-order valence-electron chi connectivity index (χ4n) is 1.92. The van der Waals surface area contributed by atoms with Crippen LogP contribution in [0.3, 0.4) is 0 Å². The Bertz CT molecular complexity index is 556. The summed E-state index contributed by atoms with van der Waals surface area (Å²) in [5.41, 5.74) is 6.72. The van der Waals surface area contributed by atoms with Gasteiger partial charge in [0.15, 0.2) is 0 Å². The van der Waals surface area contributed by atoms with E-state index in [0.29, 0.717) is 18.5 Å². The predicted octanol–water partition coefficient (Wildman–Crippen LogP) is 2.00. The van der Waals surface area contributed by atoms with Gasteiger partial charge in [0.25, 0.3) is 0 Å². The van der Waals surface area contributed by atoms with E-state index in [-0.39, 0.29) is 6.54 Å². The van der Waals surface area contributed by atoms with Crippen molar-refractivity contribution in [2.75, 3.05) is 25.1 Å². The summed E-state index contributed by atoms with van der Waals surface area (Å²) in [5.74, 6) is 1.37. The number of nitrogens with two attached hydrogens (primary N) is 1. The van der Waals surface area contributed by atoms with Crippen LogP contribution in [-0.2, 0) is 13.0 Å². The highest BCUT2D eigenvalue weighted by Gasteiger charge is 2.09. The predicted molar refractivity (Wildman–Crippen MR) is 81.4 cm³/mol. The van der Waals surface area contributed by atoms with Gasteiger partial charge in [-0.05, 0) is 30.5 Å². The summed E-state index contributed by atoms with van der Waals surface area (Å²) in [7, 11) is 1.91. The van der Waals surface area contributed by atoms with Crippen LogP contribution in [0.4, 0.5) is 6.01 Å². The molecule has 0 spiro atoms. The zero-order chi connectivity index (χ0) is 15.1. The van der Waals surface area contributed by atoms with Crippen LogP contribution < -0.4 is 15.4 Å². The second-order valence-corrected chi connectivity index (χ2v) is 4.81. The van der Waals surface area contributed by atoms with Crippen LogP contribution >= 0.6 is 0 Å². The molecule has 21 heavy (non-hydrogen) atoms. The lowest BCUT2D eigenvalue weighted by Gasteiger charge is -2.14. The number of ether oxygens (including phenoxy) is 1. The van der Waals surface area contributed by atoms with Gasteiger partial charge in [-0.25, -0.2) is 0 Å². The summed E-state index contributed by atoms with van der Waals surface area (Å²) in [6.45, 7) is 3.82. The third kappa shape index (κ3) is 4.46. The van der Waals surface area contributed by atoms with Crippen LogP contribution in [-0.4, -0.2) is 30.4 Å². The van der Waals surface area contributed by atoms with Crippen LogP contribution in [0.15, 0.2) is 28.7 Å². The largest absolute Gasteiger partial charge is 0.494 e. The lowest BCUT2D eigenvalue weighted by molar-refractivity contribution is 0.311. The molecule has 0 atom stereocenters. The van der Waals surface area contributed by atoms with E-state index in [2.05, 4.69) is 29.3 Å². The van der Waals surface area contributed by atoms with Crippen molar-refractivity contribution in [3.8, 4) is 5.75 Å². The quantitative estimate of drug-likeness (QED) is 0.749. The number of aryl methyl sites for hydroxylation is 1.